The van der Waals surface area contributed by atoms with Crippen molar-refractivity contribution in [2.45, 2.75) is 58.4 Å². The Bertz CT molecular complexity index is 622. The van der Waals surface area contributed by atoms with E-state index in [4.69, 9.17) is 0 Å². The van der Waals surface area contributed by atoms with Crippen molar-refractivity contribution in [3.63, 3.8) is 0 Å². The van der Waals surface area contributed by atoms with E-state index >= 15 is 0 Å². The number of nitrogens with one attached hydrogen (secondary N) is 2. The molecule has 0 atom stereocenters. The lowest BCUT2D eigenvalue weighted by Crippen LogP contribution is -2.28. The fourth-order valence-electron chi connectivity index (χ4n) is 3.00. The second-order valence-electron chi connectivity index (χ2n) is 6.09. The van der Waals surface area contributed by atoms with Crippen LogP contribution >= 0.6 is 0 Å². The van der Waals surface area contributed by atoms with Crippen LogP contribution in [0.4, 0.5) is 5.69 Å². The summed E-state index contributed by atoms with van der Waals surface area (Å²) in [5.74, 6) is -0.347. The first kappa shape index (κ1) is 17.1. The molecule has 2 N–H and O–H groups in total. The van der Waals surface area contributed by atoms with Gasteiger partial charge < -0.3 is 10.6 Å². The summed E-state index contributed by atoms with van der Waals surface area (Å²) in [4.78, 5) is 12.4. The molecule has 1 aliphatic carbocycles. The Morgan fingerprint density at radius 3 is 2.74 bits per heavy atom. The highest BCUT2D eigenvalue weighted by molar-refractivity contribution is 6.07. The number of nitrogens with zero attached hydrogens (tertiary/aromatic N) is 1. The summed E-state index contributed by atoms with van der Waals surface area (Å²) >= 11 is 0. The van der Waals surface area contributed by atoms with Gasteiger partial charge >= 0.3 is 0 Å². The molecule has 0 aromatic heterocycles. The number of benzene rings is 1. The number of nitriles is 1. The number of para-hydroxylation sites is 1. The standard InChI is InChI=1S/C19H25N3O/c1-3-15-9-7-8-14(2)18(15)22-19(23)16(12-20)13-21-17-10-5-4-6-11-17/h7-9,13,17,21H,3-6,10-11H2,1-2H3,(H,22,23)/b16-13-. The number of aryl methyl sites for hydroxylation is 2. The fourth-order valence-corrected chi connectivity index (χ4v) is 3.00. The first-order valence-corrected chi connectivity index (χ1v) is 8.41. The average molecular weight is 311 g/mol. The second-order valence-corrected chi connectivity index (χ2v) is 6.09. The van der Waals surface area contributed by atoms with E-state index in [1.165, 1.54) is 19.3 Å². The second kappa shape index (κ2) is 8.38. The third-order valence-electron chi connectivity index (χ3n) is 4.41. The van der Waals surface area contributed by atoms with Crippen molar-refractivity contribution in [1.29, 1.82) is 5.26 Å². The Morgan fingerprint density at radius 1 is 1.35 bits per heavy atom. The van der Waals surface area contributed by atoms with Crippen LogP contribution in [0.15, 0.2) is 30.0 Å². The maximum absolute atomic E-state index is 12.4. The molecule has 1 amide bonds. The van der Waals surface area contributed by atoms with E-state index in [9.17, 15) is 10.1 Å². The lowest BCUT2D eigenvalue weighted by molar-refractivity contribution is -0.112. The number of hydrogen-bond donors (Lipinski definition) is 2. The van der Waals surface area contributed by atoms with Crippen LogP contribution < -0.4 is 10.6 Å². The minimum absolute atomic E-state index is 0.126. The van der Waals surface area contributed by atoms with E-state index in [0.29, 0.717) is 6.04 Å². The maximum Gasteiger partial charge on any atom is 0.267 e. The largest absolute Gasteiger partial charge is 0.387 e. The molecule has 0 saturated heterocycles. The molecule has 1 saturated carbocycles. The van der Waals surface area contributed by atoms with Crippen molar-refractivity contribution in [2.24, 2.45) is 0 Å². The first-order chi connectivity index (χ1) is 11.2. The number of carbonyl (C=O) groups excluding carboxylic acids is 1. The van der Waals surface area contributed by atoms with Crippen molar-refractivity contribution in [3.05, 3.63) is 41.1 Å². The Hall–Kier alpha value is -2.28. The van der Waals surface area contributed by atoms with Crippen molar-refractivity contribution in [1.82, 2.24) is 5.32 Å². The van der Waals surface area contributed by atoms with Crippen molar-refractivity contribution in [3.8, 4) is 6.07 Å². The van der Waals surface area contributed by atoms with Gasteiger partial charge in [-0.05, 0) is 37.3 Å². The van der Waals surface area contributed by atoms with Gasteiger partial charge in [-0.3, -0.25) is 4.79 Å². The molecule has 0 bridgehead atoms. The molecule has 1 aromatic rings. The van der Waals surface area contributed by atoms with Gasteiger partial charge in [0.2, 0.25) is 0 Å². The predicted molar refractivity (Wildman–Crippen MR) is 92.9 cm³/mol. The van der Waals surface area contributed by atoms with Gasteiger partial charge in [0.05, 0.1) is 0 Å². The van der Waals surface area contributed by atoms with E-state index in [2.05, 4.69) is 17.6 Å². The fraction of sp³-hybridized carbons (Fsp3) is 0.474. The number of anilines is 1. The molecule has 0 spiro atoms. The van der Waals surface area contributed by atoms with E-state index in [0.717, 1.165) is 36.1 Å². The third kappa shape index (κ3) is 4.59. The van der Waals surface area contributed by atoms with Crippen LogP contribution in [-0.4, -0.2) is 11.9 Å². The predicted octanol–water partition coefficient (Wildman–Crippen LogP) is 3.83. The Morgan fingerprint density at radius 2 is 2.09 bits per heavy atom. The van der Waals surface area contributed by atoms with Gasteiger partial charge in [0, 0.05) is 17.9 Å². The Balaban J connectivity index is 2.07. The van der Waals surface area contributed by atoms with Gasteiger partial charge in [-0.2, -0.15) is 5.26 Å². The van der Waals surface area contributed by atoms with Gasteiger partial charge in [-0.1, -0.05) is 44.4 Å². The summed E-state index contributed by atoms with van der Waals surface area (Å²) in [7, 11) is 0. The van der Waals surface area contributed by atoms with Crippen LogP contribution in [0.2, 0.25) is 0 Å². The smallest absolute Gasteiger partial charge is 0.267 e. The van der Waals surface area contributed by atoms with Gasteiger partial charge in [0.15, 0.2) is 0 Å². The Labute approximate surface area is 138 Å². The molecule has 0 unspecified atom stereocenters. The van der Waals surface area contributed by atoms with Crippen molar-refractivity contribution >= 4 is 11.6 Å². The van der Waals surface area contributed by atoms with Gasteiger partial charge in [-0.25, -0.2) is 0 Å². The number of amides is 1. The zero-order valence-electron chi connectivity index (χ0n) is 14.0. The number of hydrogen-bond acceptors (Lipinski definition) is 3. The molecule has 1 aliphatic rings. The van der Waals surface area contributed by atoms with Gasteiger partial charge in [0.25, 0.3) is 5.91 Å². The number of carbonyl (C=O) groups is 1. The van der Waals surface area contributed by atoms with Crippen LogP contribution in [-0.2, 0) is 11.2 Å². The monoisotopic (exact) mass is 311 g/mol. The van der Waals surface area contributed by atoms with Crippen LogP contribution in [0, 0.1) is 18.3 Å². The van der Waals surface area contributed by atoms with Gasteiger partial charge in [-0.15, -0.1) is 0 Å². The maximum atomic E-state index is 12.4. The zero-order chi connectivity index (χ0) is 16.7. The minimum atomic E-state index is -0.347. The number of rotatable bonds is 5. The lowest BCUT2D eigenvalue weighted by atomic mass is 9.96. The molecular weight excluding hydrogens is 286 g/mol. The summed E-state index contributed by atoms with van der Waals surface area (Å²) < 4.78 is 0. The van der Waals surface area contributed by atoms with E-state index in [1.807, 2.05) is 31.2 Å². The third-order valence-corrected chi connectivity index (χ3v) is 4.41. The lowest BCUT2D eigenvalue weighted by Gasteiger charge is -2.21. The summed E-state index contributed by atoms with van der Waals surface area (Å²) in [5, 5.41) is 15.4. The van der Waals surface area contributed by atoms with Crippen LogP contribution in [0.25, 0.3) is 0 Å². The highest BCUT2D eigenvalue weighted by Gasteiger charge is 2.15. The van der Waals surface area contributed by atoms with Crippen LogP contribution in [0.1, 0.15) is 50.2 Å². The molecule has 2 rings (SSSR count). The quantitative estimate of drug-likeness (QED) is 0.641. The van der Waals surface area contributed by atoms with Crippen molar-refractivity contribution < 1.29 is 4.79 Å². The minimum Gasteiger partial charge on any atom is -0.387 e. The van der Waals surface area contributed by atoms with Crippen LogP contribution in [0.3, 0.4) is 0 Å². The molecule has 23 heavy (non-hydrogen) atoms. The average Bonchev–Trinajstić information content (AvgIpc) is 2.58. The highest BCUT2D eigenvalue weighted by Crippen LogP contribution is 2.22. The molecule has 1 fully saturated rings. The molecular formula is C19H25N3O. The Kier molecular flexibility index (Phi) is 6.22. The van der Waals surface area contributed by atoms with E-state index in [-0.39, 0.29) is 11.5 Å². The van der Waals surface area contributed by atoms with E-state index in [1.54, 1.807) is 6.20 Å². The molecule has 0 heterocycles. The molecule has 0 radical (unpaired) electrons. The summed E-state index contributed by atoms with van der Waals surface area (Å²) in [5.41, 5.74) is 3.03. The highest BCUT2D eigenvalue weighted by atomic mass is 16.1. The van der Waals surface area contributed by atoms with E-state index < -0.39 is 0 Å². The molecule has 0 aliphatic heterocycles. The SMILES string of the molecule is CCc1cccc(C)c1NC(=O)/C(C#N)=C\NC1CCCCC1. The zero-order valence-corrected chi connectivity index (χ0v) is 14.0. The summed E-state index contributed by atoms with van der Waals surface area (Å²) in [6.45, 7) is 4.01. The first-order valence-electron chi connectivity index (χ1n) is 8.41. The molecule has 1 aromatic carbocycles. The topological polar surface area (TPSA) is 64.9 Å². The van der Waals surface area contributed by atoms with Crippen LogP contribution in [0.5, 0.6) is 0 Å². The normalized spacial score (nSPS) is 15.8. The molecule has 4 heteroatoms. The van der Waals surface area contributed by atoms with Crippen molar-refractivity contribution in [2.75, 3.05) is 5.32 Å². The van der Waals surface area contributed by atoms with Gasteiger partial charge in [0.1, 0.15) is 11.6 Å². The summed E-state index contributed by atoms with van der Waals surface area (Å²) in [6.07, 6.45) is 8.33. The molecule has 122 valence electrons. The summed E-state index contributed by atoms with van der Waals surface area (Å²) in [6, 6.07) is 8.33. The molecule has 4 nitrogen and oxygen atoms in total.